The van der Waals surface area contributed by atoms with Crippen LogP contribution in [0.1, 0.15) is 42.8 Å². The van der Waals surface area contributed by atoms with Crippen LogP contribution in [0, 0.1) is 0 Å². The summed E-state index contributed by atoms with van der Waals surface area (Å²) in [7, 11) is 2.04. The van der Waals surface area contributed by atoms with Crippen LogP contribution in [0.25, 0.3) is 0 Å². The number of aryl methyl sites for hydroxylation is 1. The van der Waals surface area contributed by atoms with Gasteiger partial charge in [0.15, 0.2) is 0 Å². The van der Waals surface area contributed by atoms with E-state index >= 15 is 0 Å². The summed E-state index contributed by atoms with van der Waals surface area (Å²) in [5.74, 6) is 2.70. The fraction of sp³-hybridized carbons (Fsp3) is 0.571. The molecule has 0 saturated heterocycles. The minimum atomic E-state index is 0.436. The van der Waals surface area contributed by atoms with Crippen molar-refractivity contribution in [1.82, 2.24) is 24.4 Å². The molecule has 0 aliphatic carbocycles. The van der Waals surface area contributed by atoms with Crippen molar-refractivity contribution in [2.75, 3.05) is 6.54 Å². The van der Waals surface area contributed by atoms with Crippen molar-refractivity contribution in [2.24, 2.45) is 7.05 Å². The van der Waals surface area contributed by atoms with Gasteiger partial charge in [-0.1, -0.05) is 13.8 Å². The molecule has 0 bridgehead atoms. The van der Waals surface area contributed by atoms with Crippen molar-refractivity contribution >= 4 is 0 Å². The number of rotatable bonds is 3. The highest BCUT2D eigenvalue weighted by Crippen LogP contribution is 2.22. The third-order valence-corrected chi connectivity index (χ3v) is 3.75. The zero-order chi connectivity index (χ0) is 13.4. The van der Waals surface area contributed by atoms with Crippen molar-refractivity contribution < 1.29 is 0 Å². The highest BCUT2D eigenvalue weighted by atomic mass is 15.2. The minimum Gasteiger partial charge on any atom is -0.337 e. The van der Waals surface area contributed by atoms with Crippen LogP contribution in [0.3, 0.4) is 0 Å². The van der Waals surface area contributed by atoms with Crippen molar-refractivity contribution in [3.8, 4) is 0 Å². The second-order valence-corrected chi connectivity index (χ2v) is 5.49. The molecule has 2 aromatic heterocycles. The molecule has 0 unspecified atom stereocenters. The number of hydrogen-bond acceptors (Lipinski definition) is 3. The van der Waals surface area contributed by atoms with Gasteiger partial charge in [0.2, 0.25) is 0 Å². The molecule has 3 heterocycles. The molecule has 0 fully saturated rings. The van der Waals surface area contributed by atoms with Crippen LogP contribution in [0.2, 0.25) is 0 Å². The van der Waals surface area contributed by atoms with E-state index < -0.39 is 0 Å². The summed E-state index contributed by atoms with van der Waals surface area (Å²) in [6, 6.07) is 0. The number of hydrogen-bond donors (Lipinski definition) is 1. The van der Waals surface area contributed by atoms with Gasteiger partial charge >= 0.3 is 0 Å². The smallest absolute Gasteiger partial charge is 0.128 e. The normalized spacial score (nSPS) is 14.9. The summed E-state index contributed by atoms with van der Waals surface area (Å²) in [4.78, 5) is 9.26. The van der Waals surface area contributed by atoms with E-state index in [9.17, 15) is 0 Å². The van der Waals surface area contributed by atoms with E-state index in [-0.39, 0.29) is 0 Å². The third-order valence-electron chi connectivity index (χ3n) is 3.75. The van der Waals surface area contributed by atoms with Crippen LogP contribution in [0.4, 0.5) is 0 Å². The molecule has 102 valence electrons. The Labute approximate surface area is 113 Å². The van der Waals surface area contributed by atoms with E-state index in [0.717, 1.165) is 31.9 Å². The van der Waals surface area contributed by atoms with Crippen LogP contribution in [-0.2, 0) is 26.6 Å². The van der Waals surface area contributed by atoms with E-state index in [1.807, 2.05) is 19.4 Å². The van der Waals surface area contributed by atoms with Crippen molar-refractivity contribution in [2.45, 2.75) is 39.3 Å². The molecular formula is C14H21N5. The molecule has 2 aromatic rings. The molecule has 1 aliphatic rings. The van der Waals surface area contributed by atoms with Crippen molar-refractivity contribution in [3.63, 3.8) is 0 Å². The molecule has 0 atom stereocenters. The van der Waals surface area contributed by atoms with Gasteiger partial charge in [0, 0.05) is 50.6 Å². The predicted octanol–water partition coefficient (Wildman–Crippen LogP) is 1.43. The summed E-state index contributed by atoms with van der Waals surface area (Å²) in [5, 5.41) is 3.39. The first-order valence-electron chi connectivity index (χ1n) is 6.92. The maximum atomic E-state index is 4.82. The SMILES string of the molecule is CC(C)c1nc2c(n1Cc1nccn1C)CCNC2. The minimum absolute atomic E-state index is 0.436. The quantitative estimate of drug-likeness (QED) is 0.907. The van der Waals surface area contributed by atoms with Crippen molar-refractivity contribution in [3.05, 3.63) is 35.4 Å². The Balaban J connectivity index is 2.03. The molecule has 1 aliphatic heterocycles. The average Bonchev–Trinajstić information content (AvgIpc) is 2.95. The van der Waals surface area contributed by atoms with Crippen LogP contribution in [0.15, 0.2) is 12.4 Å². The summed E-state index contributed by atoms with van der Waals surface area (Å²) < 4.78 is 4.45. The molecule has 0 radical (unpaired) electrons. The Hall–Kier alpha value is -1.62. The fourth-order valence-electron chi connectivity index (χ4n) is 2.70. The maximum Gasteiger partial charge on any atom is 0.128 e. The lowest BCUT2D eigenvalue weighted by molar-refractivity contribution is 0.578. The molecule has 3 rings (SSSR count). The highest BCUT2D eigenvalue weighted by molar-refractivity contribution is 5.22. The molecule has 0 aromatic carbocycles. The number of nitrogens with zero attached hydrogens (tertiary/aromatic N) is 4. The van der Waals surface area contributed by atoms with E-state index in [1.165, 1.54) is 17.2 Å². The van der Waals surface area contributed by atoms with E-state index in [1.54, 1.807) is 0 Å². The van der Waals surface area contributed by atoms with E-state index in [0.29, 0.717) is 5.92 Å². The Kier molecular flexibility index (Phi) is 3.14. The Morgan fingerprint density at radius 2 is 2.26 bits per heavy atom. The number of nitrogens with one attached hydrogen (secondary N) is 1. The van der Waals surface area contributed by atoms with Crippen LogP contribution >= 0.6 is 0 Å². The van der Waals surface area contributed by atoms with E-state index in [4.69, 9.17) is 4.98 Å². The van der Waals surface area contributed by atoms with Crippen LogP contribution in [0.5, 0.6) is 0 Å². The molecular weight excluding hydrogens is 238 g/mol. The summed E-state index contributed by atoms with van der Waals surface area (Å²) >= 11 is 0. The van der Waals surface area contributed by atoms with Gasteiger partial charge in [-0.25, -0.2) is 9.97 Å². The summed E-state index contributed by atoms with van der Waals surface area (Å²) in [6.07, 6.45) is 4.91. The Bertz CT molecular complexity index is 579. The first kappa shape index (κ1) is 12.4. The van der Waals surface area contributed by atoms with Crippen LogP contribution in [-0.4, -0.2) is 25.6 Å². The maximum absolute atomic E-state index is 4.82. The van der Waals surface area contributed by atoms with Gasteiger partial charge in [0.05, 0.1) is 12.2 Å². The molecule has 5 heteroatoms. The fourth-order valence-corrected chi connectivity index (χ4v) is 2.70. The van der Waals surface area contributed by atoms with Gasteiger partial charge in [0.25, 0.3) is 0 Å². The molecule has 0 spiro atoms. The molecule has 1 N–H and O–H groups in total. The van der Waals surface area contributed by atoms with Gasteiger partial charge in [-0.15, -0.1) is 0 Å². The second kappa shape index (κ2) is 4.81. The zero-order valence-electron chi connectivity index (χ0n) is 11.8. The summed E-state index contributed by atoms with van der Waals surface area (Å²) in [6.45, 7) is 7.16. The van der Waals surface area contributed by atoms with Gasteiger partial charge in [-0.05, 0) is 0 Å². The van der Waals surface area contributed by atoms with Crippen molar-refractivity contribution in [1.29, 1.82) is 0 Å². The lowest BCUT2D eigenvalue weighted by atomic mass is 10.2. The first-order chi connectivity index (χ1) is 9.16. The zero-order valence-corrected chi connectivity index (χ0v) is 11.8. The lowest BCUT2D eigenvalue weighted by Gasteiger charge is -2.17. The number of imidazole rings is 2. The Morgan fingerprint density at radius 1 is 1.42 bits per heavy atom. The molecule has 0 amide bonds. The van der Waals surface area contributed by atoms with Gasteiger partial charge in [-0.3, -0.25) is 0 Å². The third kappa shape index (κ3) is 2.18. The largest absolute Gasteiger partial charge is 0.337 e. The lowest BCUT2D eigenvalue weighted by Crippen LogP contribution is -2.25. The van der Waals surface area contributed by atoms with Gasteiger partial charge in [0.1, 0.15) is 11.6 Å². The molecule has 0 saturated carbocycles. The van der Waals surface area contributed by atoms with Crippen LogP contribution < -0.4 is 5.32 Å². The van der Waals surface area contributed by atoms with Gasteiger partial charge in [-0.2, -0.15) is 0 Å². The highest BCUT2D eigenvalue weighted by Gasteiger charge is 2.21. The standard InChI is InChI=1S/C14H21N5/c1-10(2)14-17-11-8-15-5-4-12(11)19(14)9-13-16-6-7-18(13)3/h6-7,10,15H,4-5,8-9H2,1-3H3. The number of aromatic nitrogens is 4. The number of fused-ring (bicyclic) bond motifs is 1. The average molecular weight is 259 g/mol. The second-order valence-electron chi connectivity index (χ2n) is 5.49. The first-order valence-corrected chi connectivity index (χ1v) is 6.92. The predicted molar refractivity (Wildman–Crippen MR) is 74.0 cm³/mol. The molecule has 5 nitrogen and oxygen atoms in total. The topological polar surface area (TPSA) is 47.7 Å². The van der Waals surface area contributed by atoms with Gasteiger partial charge < -0.3 is 14.5 Å². The Morgan fingerprint density at radius 3 is 2.95 bits per heavy atom. The summed E-state index contributed by atoms with van der Waals surface area (Å²) in [5.41, 5.74) is 2.59. The van der Waals surface area contributed by atoms with E-state index in [2.05, 4.69) is 33.3 Å². The molecule has 19 heavy (non-hydrogen) atoms. The monoisotopic (exact) mass is 259 g/mol.